The quantitative estimate of drug-likeness (QED) is 0.834. The molecule has 0 bridgehead atoms. The van der Waals surface area contributed by atoms with Crippen LogP contribution in [-0.4, -0.2) is 23.9 Å². The number of rotatable bonds is 5. The van der Waals surface area contributed by atoms with Crippen LogP contribution in [0, 0.1) is 0 Å². The fraction of sp³-hybridized carbons (Fsp3) is 0.500. The SMILES string of the molecule is CC(NC(=O)CN1CCCC1c1cccs1)c1ccc2c(c1)CCCC2. The molecule has 1 aliphatic heterocycles. The molecular formula is C22H28N2OS. The molecule has 1 fully saturated rings. The average Bonchev–Trinajstić information content (AvgIpc) is 3.32. The minimum atomic E-state index is 0.0671. The van der Waals surface area contributed by atoms with Crippen molar-refractivity contribution in [1.29, 1.82) is 0 Å². The molecule has 1 aromatic heterocycles. The van der Waals surface area contributed by atoms with E-state index < -0.39 is 0 Å². The summed E-state index contributed by atoms with van der Waals surface area (Å²) in [7, 11) is 0. The first kappa shape index (κ1) is 17.7. The number of likely N-dealkylation sites (tertiary alicyclic amines) is 1. The Labute approximate surface area is 160 Å². The van der Waals surface area contributed by atoms with Crippen molar-refractivity contribution < 1.29 is 4.79 Å². The van der Waals surface area contributed by atoms with Gasteiger partial charge in [0.05, 0.1) is 12.6 Å². The summed E-state index contributed by atoms with van der Waals surface area (Å²) in [5, 5.41) is 5.35. The van der Waals surface area contributed by atoms with Crippen LogP contribution in [0.5, 0.6) is 0 Å². The summed E-state index contributed by atoms with van der Waals surface area (Å²) in [4.78, 5) is 16.4. The van der Waals surface area contributed by atoms with Gasteiger partial charge in [0.15, 0.2) is 0 Å². The number of benzene rings is 1. The zero-order valence-electron chi connectivity index (χ0n) is 15.5. The Bertz CT molecular complexity index is 756. The van der Waals surface area contributed by atoms with E-state index in [1.165, 1.54) is 53.7 Å². The fourth-order valence-corrected chi connectivity index (χ4v) is 5.29. The van der Waals surface area contributed by atoms with E-state index in [0.29, 0.717) is 12.6 Å². The normalized spacial score (nSPS) is 21.3. The molecule has 1 aliphatic carbocycles. The molecule has 1 saturated heterocycles. The molecule has 0 radical (unpaired) electrons. The molecule has 138 valence electrons. The van der Waals surface area contributed by atoms with Gasteiger partial charge in [0.25, 0.3) is 0 Å². The van der Waals surface area contributed by atoms with Gasteiger partial charge in [-0.05, 0) is 80.1 Å². The molecule has 0 saturated carbocycles. The van der Waals surface area contributed by atoms with E-state index in [0.717, 1.165) is 13.0 Å². The summed E-state index contributed by atoms with van der Waals surface area (Å²) in [5.74, 6) is 0.138. The zero-order chi connectivity index (χ0) is 17.9. The Morgan fingerprint density at radius 3 is 2.88 bits per heavy atom. The lowest BCUT2D eigenvalue weighted by atomic mass is 9.89. The highest BCUT2D eigenvalue weighted by Crippen LogP contribution is 2.34. The smallest absolute Gasteiger partial charge is 0.234 e. The topological polar surface area (TPSA) is 32.3 Å². The zero-order valence-corrected chi connectivity index (χ0v) is 16.4. The van der Waals surface area contributed by atoms with Crippen molar-refractivity contribution in [3.05, 3.63) is 57.3 Å². The average molecular weight is 369 g/mol. The number of amides is 1. The van der Waals surface area contributed by atoms with Crippen LogP contribution in [0.3, 0.4) is 0 Å². The van der Waals surface area contributed by atoms with Crippen LogP contribution in [0.25, 0.3) is 0 Å². The van der Waals surface area contributed by atoms with Crippen molar-refractivity contribution in [2.24, 2.45) is 0 Å². The van der Waals surface area contributed by atoms with Gasteiger partial charge < -0.3 is 5.32 Å². The molecule has 2 heterocycles. The first-order valence-corrected chi connectivity index (χ1v) is 10.8. The molecule has 0 spiro atoms. The third kappa shape index (κ3) is 3.86. The Morgan fingerprint density at radius 1 is 1.23 bits per heavy atom. The second kappa shape index (κ2) is 7.93. The molecule has 1 amide bonds. The van der Waals surface area contributed by atoms with E-state index in [9.17, 15) is 4.79 Å². The molecule has 2 aromatic rings. The van der Waals surface area contributed by atoms with E-state index in [-0.39, 0.29) is 11.9 Å². The maximum Gasteiger partial charge on any atom is 0.234 e. The highest BCUT2D eigenvalue weighted by Gasteiger charge is 2.28. The van der Waals surface area contributed by atoms with Gasteiger partial charge in [-0.3, -0.25) is 9.69 Å². The van der Waals surface area contributed by atoms with Crippen molar-refractivity contribution in [3.63, 3.8) is 0 Å². The van der Waals surface area contributed by atoms with Crippen LogP contribution in [0.15, 0.2) is 35.7 Å². The van der Waals surface area contributed by atoms with Gasteiger partial charge in [0, 0.05) is 10.9 Å². The lowest BCUT2D eigenvalue weighted by Gasteiger charge is -2.24. The number of hydrogen-bond acceptors (Lipinski definition) is 3. The molecule has 1 N–H and O–H groups in total. The largest absolute Gasteiger partial charge is 0.348 e. The molecule has 3 nitrogen and oxygen atoms in total. The lowest BCUT2D eigenvalue weighted by Crippen LogP contribution is -2.38. The van der Waals surface area contributed by atoms with E-state index in [4.69, 9.17) is 0 Å². The Morgan fingerprint density at radius 2 is 2.08 bits per heavy atom. The number of carbonyl (C=O) groups is 1. The number of hydrogen-bond donors (Lipinski definition) is 1. The molecule has 4 heteroatoms. The van der Waals surface area contributed by atoms with Gasteiger partial charge in [-0.1, -0.05) is 24.3 Å². The molecule has 2 atom stereocenters. The summed E-state index contributed by atoms with van der Waals surface area (Å²) in [5.41, 5.74) is 4.21. The monoisotopic (exact) mass is 368 g/mol. The summed E-state index contributed by atoms with van der Waals surface area (Å²) in [6.45, 7) is 3.62. The minimum Gasteiger partial charge on any atom is -0.348 e. The first-order valence-electron chi connectivity index (χ1n) is 9.89. The minimum absolute atomic E-state index is 0.0671. The summed E-state index contributed by atoms with van der Waals surface area (Å²) in [6, 6.07) is 11.6. The van der Waals surface area contributed by atoms with Crippen LogP contribution < -0.4 is 5.32 Å². The number of carbonyl (C=O) groups excluding carboxylic acids is 1. The van der Waals surface area contributed by atoms with Gasteiger partial charge in [0.1, 0.15) is 0 Å². The lowest BCUT2D eigenvalue weighted by molar-refractivity contribution is -0.123. The Balaban J connectivity index is 1.37. The van der Waals surface area contributed by atoms with Crippen molar-refractivity contribution in [3.8, 4) is 0 Å². The molecule has 4 rings (SSSR count). The molecule has 26 heavy (non-hydrogen) atoms. The first-order chi connectivity index (χ1) is 12.7. The van der Waals surface area contributed by atoms with Gasteiger partial charge in [-0.15, -0.1) is 11.3 Å². The van der Waals surface area contributed by atoms with E-state index in [1.54, 1.807) is 11.3 Å². The summed E-state index contributed by atoms with van der Waals surface area (Å²) in [6.07, 6.45) is 7.32. The van der Waals surface area contributed by atoms with E-state index in [1.807, 2.05) is 0 Å². The Kier molecular flexibility index (Phi) is 5.41. The van der Waals surface area contributed by atoms with E-state index >= 15 is 0 Å². The predicted octanol–water partition coefficient (Wildman–Crippen LogP) is 4.64. The maximum absolute atomic E-state index is 12.6. The Hall–Kier alpha value is -1.65. The molecule has 1 aromatic carbocycles. The van der Waals surface area contributed by atoms with Crippen LogP contribution in [0.1, 0.15) is 66.3 Å². The van der Waals surface area contributed by atoms with Crippen molar-refractivity contribution >= 4 is 17.2 Å². The number of nitrogens with one attached hydrogen (secondary N) is 1. The number of fused-ring (bicyclic) bond motifs is 1. The fourth-order valence-electron chi connectivity index (χ4n) is 4.40. The summed E-state index contributed by atoms with van der Waals surface area (Å²) < 4.78 is 0. The van der Waals surface area contributed by atoms with Crippen molar-refractivity contribution in [2.75, 3.05) is 13.1 Å². The van der Waals surface area contributed by atoms with Crippen molar-refractivity contribution in [2.45, 2.75) is 57.5 Å². The second-order valence-corrected chi connectivity index (χ2v) is 8.65. The predicted molar refractivity (Wildman–Crippen MR) is 108 cm³/mol. The van der Waals surface area contributed by atoms with Gasteiger partial charge >= 0.3 is 0 Å². The van der Waals surface area contributed by atoms with Crippen LogP contribution in [-0.2, 0) is 17.6 Å². The second-order valence-electron chi connectivity index (χ2n) is 7.67. The molecule has 2 unspecified atom stereocenters. The molecule has 2 aliphatic rings. The number of aryl methyl sites for hydroxylation is 2. The van der Waals surface area contributed by atoms with Crippen LogP contribution in [0.2, 0.25) is 0 Å². The molecular weight excluding hydrogens is 340 g/mol. The summed E-state index contributed by atoms with van der Waals surface area (Å²) >= 11 is 1.80. The third-order valence-electron chi connectivity index (χ3n) is 5.83. The maximum atomic E-state index is 12.6. The number of nitrogens with zero attached hydrogens (tertiary/aromatic N) is 1. The third-order valence-corrected chi connectivity index (χ3v) is 6.81. The highest BCUT2D eigenvalue weighted by molar-refractivity contribution is 7.10. The van der Waals surface area contributed by atoms with E-state index in [2.05, 4.69) is 52.9 Å². The number of thiophene rings is 1. The van der Waals surface area contributed by atoms with Crippen LogP contribution in [0.4, 0.5) is 0 Å². The van der Waals surface area contributed by atoms with Gasteiger partial charge in [-0.2, -0.15) is 0 Å². The van der Waals surface area contributed by atoms with Crippen LogP contribution >= 0.6 is 11.3 Å². The van der Waals surface area contributed by atoms with Gasteiger partial charge in [0.2, 0.25) is 5.91 Å². The standard InChI is InChI=1S/C22H28N2OS/c1-16(18-11-10-17-6-2-3-7-19(17)14-18)23-22(25)15-24-12-4-8-20(24)21-9-5-13-26-21/h5,9-11,13-14,16,20H,2-4,6-8,12,15H2,1H3,(H,23,25). The highest BCUT2D eigenvalue weighted by atomic mass is 32.1. The van der Waals surface area contributed by atoms with Crippen molar-refractivity contribution in [1.82, 2.24) is 10.2 Å². The van der Waals surface area contributed by atoms with Gasteiger partial charge in [-0.25, -0.2) is 0 Å².